The zero-order valence-corrected chi connectivity index (χ0v) is 18.2. The lowest BCUT2D eigenvalue weighted by atomic mass is 9.88. The average Bonchev–Trinajstić information content (AvgIpc) is 2.82. The monoisotopic (exact) mass is 439 g/mol. The molecule has 2 aliphatic heterocycles. The SMILES string of the molecule is O=C1NCCCCCN(Cc2cccnc2)C2CN(C(=O)Nc3ccccc3F)CCC12. The largest absolute Gasteiger partial charge is 0.356 e. The van der Waals surface area contributed by atoms with Crippen LogP contribution in [-0.4, -0.2) is 58.9 Å². The van der Waals surface area contributed by atoms with E-state index in [4.69, 9.17) is 0 Å². The van der Waals surface area contributed by atoms with Crippen molar-refractivity contribution in [3.05, 3.63) is 60.2 Å². The van der Waals surface area contributed by atoms with Crippen LogP contribution in [0.25, 0.3) is 0 Å². The molecule has 7 nitrogen and oxygen atoms in total. The van der Waals surface area contributed by atoms with E-state index < -0.39 is 5.82 Å². The fourth-order valence-corrected chi connectivity index (χ4v) is 4.60. The van der Waals surface area contributed by atoms with Gasteiger partial charge in [-0.2, -0.15) is 0 Å². The second kappa shape index (κ2) is 10.5. The number of anilines is 1. The fourth-order valence-electron chi connectivity index (χ4n) is 4.60. The summed E-state index contributed by atoms with van der Waals surface area (Å²) in [4.78, 5) is 34.1. The lowest BCUT2D eigenvalue weighted by Gasteiger charge is -2.44. The van der Waals surface area contributed by atoms with E-state index in [2.05, 4.69) is 20.5 Å². The number of carbonyl (C=O) groups excluding carboxylic acids is 2. The van der Waals surface area contributed by atoms with Gasteiger partial charge in [0, 0.05) is 44.6 Å². The maximum atomic E-state index is 14.0. The van der Waals surface area contributed by atoms with Crippen molar-refractivity contribution in [2.24, 2.45) is 5.92 Å². The molecule has 2 N–H and O–H groups in total. The van der Waals surface area contributed by atoms with E-state index in [1.54, 1.807) is 29.3 Å². The number of para-hydroxylation sites is 1. The molecule has 0 radical (unpaired) electrons. The van der Waals surface area contributed by atoms with Gasteiger partial charge in [-0.15, -0.1) is 0 Å². The molecule has 1 aromatic carbocycles. The number of urea groups is 1. The van der Waals surface area contributed by atoms with E-state index in [1.807, 2.05) is 18.3 Å². The number of pyridine rings is 1. The van der Waals surface area contributed by atoms with Crippen LogP contribution < -0.4 is 10.6 Å². The molecule has 0 saturated carbocycles. The van der Waals surface area contributed by atoms with Gasteiger partial charge in [0.25, 0.3) is 0 Å². The lowest BCUT2D eigenvalue weighted by molar-refractivity contribution is -0.129. The first-order valence-electron chi connectivity index (χ1n) is 11.3. The number of hydrogen-bond donors (Lipinski definition) is 2. The van der Waals surface area contributed by atoms with Crippen molar-refractivity contribution in [3.63, 3.8) is 0 Å². The van der Waals surface area contributed by atoms with Gasteiger partial charge in [0.1, 0.15) is 5.82 Å². The highest BCUT2D eigenvalue weighted by Gasteiger charge is 2.39. The van der Waals surface area contributed by atoms with Crippen LogP contribution in [0.2, 0.25) is 0 Å². The van der Waals surface area contributed by atoms with Crippen LogP contribution in [-0.2, 0) is 11.3 Å². The van der Waals surface area contributed by atoms with Crippen molar-refractivity contribution in [2.45, 2.75) is 38.3 Å². The minimum atomic E-state index is -0.466. The number of fused-ring (bicyclic) bond motifs is 1. The maximum Gasteiger partial charge on any atom is 0.321 e. The van der Waals surface area contributed by atoms with Gasteiger partial charge in [-0.3, -0.25) is 14.7 Å². The first-order valence-corrected chi connectivity index (χ1v) is 11.3. The Bertz CT molecular complexity index is 926. The van der Waals surface area contributed by atoms with E-state index in [0.29, 0.717) is 32.6 Å². The highest BCUT2D eigenvalue weighted by atomic mass is 19.1. The number of piperidine rings is 1. The van der Waals surface area contributed by atoms with Gasteiger partial charge in [-0.05, 0) is 49.6 Å². The van der Waals surface area contributed by atoms with E-state index >= 15 is 0 Å². The number of amides is 3. The first kappa shape index (κ1) is 22.2. The smallest absolute Gasteiger partial charge is 0.321 e. The predicted octanol–water partition coefficient (Wildman–Crippen LogP) is 3.25. The Morgan fingerprint density at radius 1 is 1.16 bits per heavy atom. The summed E-state index contributed by atoms with van der Waals surface area (Å²) in [5.41, 5.74) is 1.24. The number of halogens is 1. The number of aromatic nitrogens is 1. The molecule has 0 bridgehead atoms. The molecule has 2 aromatic rings. The first-order chi connectivity index (χ1) is 15.6. The van der Waals surface area contributed by atoms with Crippen LogP contribution in [0.3, 0.4) is 0 Å². The molecule has 1 aromatic heterocycles. The van der Waals surface area contributed by atoms with Crippen molar-refractivity contribution in [1.82, 2.24) is 20.1 Å². The number of likely N-dealkylation sites (tertiary alicyclic amines) is 1. The zero-order chi connectivity index (χ0) is 22.3. The molecule has 2 aliphatic rings. The Morgan fingerprint density at radius 2 is 2.03 bits per heavy atom. The molecular weight excluding hydrogens is 409 g/mol. The van der Waals surface area contributed by atoms with Crippen molar-refractivity contribution in [1.29, 1.82) is 0 Å². The van der Waals surface area contributed by atoms with E-state index in [9.17, 15) is 14.0 Å². The summed E-state index contributed by atoms with van der Waals surface area (Å²) >= 11 is 0. The normalized spacial score (nSPS) is 22.5. The number of nitrogens with one attached hydrogen (secondary N) is 2. The molecule has 2 atom stereocenters. The maximum absolute atomic E-state index is 14.0. The van der Waals surface area contributed by atoms with Crippen molar-refractivity contribution in [3.8, 4) is 0 Å². The third-order valence-electron chi connectivity index (χ3n) is 6.32. The lowest BCUT2D eigenvalue weighted by Crippen LogP contribution is -2.58. The van der Waals surface area contributed by atoms with Gasteiger partial charge in [0.05, 0.1) is 11.6 Å². The Kier molecular flexibility index (Phi) is 7.32. The van der Waals surface area contributed by atoms with Gasteiger partial charge in [0.2, 0.25) is 5.91 Å². The molecule has 8 heteroatoms. The summed E-state index contributed by atoms with van der Waals surface area (Å²) in [6, 6.07) is 9.63. The van der Waals surface area contributed by atoms with Crippen LogP contribution in [0.5, 0.6) is 0 Å². The van der Waals surface area contributed by atoms with Crippen LogP contribution in [0.1, 0.15) is 31.2 Å². The van der Waals surface area contributed by atoms with Crippen molar-refractivity contribution >= 4 is 17.6 Å². The summed E-state index contributed by atoms with van der Waals surface area (Å²) in [5.74, 6) is -0.600. The third kappa shape index (κ3) is 5.43. The number of hydrogen-bond acceptors (Lipinski definition) is 4. The second-order valence-electron chi connectivity index (χ2n) is 8.50. The minimum Gasteiger partial charge on any atom is -0.356 e. The highest BCUT2D eigenvalue weighted by Crippen LogP contribution is 2.26. The molecule has 2 unspecified atom stereocenters. The number of nitrogens with zero attached hydrogens (tertiary/aromatic N) is 3. The molecule has 3 heterocycles. The Hall–Kier alpha value is -3.00. The molecule has 4 rings (SSSR count). The van der Waals surface area contributed by atoms with Crippen molar-refractivity contribution < 1.29 is 14.0 Å². The van der Waals surface area contributed by atoms with Gasteiger partial charge < -0.3 is 15.5 Å². The summed E-state index contributed by atoms with van der Waals surface area (Å²) in [6.45, 7) is 3.09. The second-order valence-corrected chi connectivity index (χ2v) is 8.50. The Morgan fingerprint density at radius 3 is 2.84 bits per heavy atom. The summed E-state index contributed by atoms with van der Waals surface area (Å²) in [7, 11) is 0. The fraction of sp³-hybridized carbons (Fsp3) is 0.458. The molecular formula is C24H30FN5O2. The molecule has 32 heavy (non-hydrogen) atoms. The van der Waals surface area contributed by atoms with E-state index in [1.165, 1.54) is 6.07 Å². The molecule has 0 spiro atoms. The molecule has 0 aliphatic carbocycles. The third-order valence-corrected chi connectivity index (χ3v) is 6.32. The van der Waals surface area contributed by atoms with Crippen LogP contribution in [0, 0.1) is 11.7 Å². The predicted molar refractivity (Wildman–Crippen MR) is 120 cm³/mol. The standard InChI is InChI=1S/C24H30FN5O2/c25-20-8-2-3-9-21(20)28-24(32)30-14-10-19-22(17-30)29(16-18-7-6-11-26-15-18)13-5-1-4-12-27-23(19)31/h2-3,6-9,11,15,19,22H,1,4-5,10,12-14,16-17H2,(H,27,31)(H,28,32). The van der Waals surface area contributed by atoms with E-state index in [0.717, 1.165) is 31.4 Å². The number of carbonyl (C=O) groups is 2. The molecule has 2 fully saturated rings. The highest BCUT2D eigenvalue weighted by molar-refractivity contribution is 5.90. The Labute approximate surface area is 188 Å². The van der Waals surface area contributed by atoms with Crippen LogP contribution >= 0.6 is 0 Å². The van der Waals surface area contributed by atoms with Gasteiger partial charge in [-0.1, -0.05) is 24.6 Å². The molecule has 3 amide bonds. The van der Waals surface area contributed by atoms with E-state index in [-0.39, 0.29) is 29.6 Å². The topological polar surface area (TPSA) is 77.6 Å². The van der Waals surface area contributed by atoms with Crippen LogP contribution in [0.15, 0.2) is 48.8 Å². The molecule has 170 valence electrons. The Balaban J connectivity index is 1.54. The number of rotatable bonds is 3. The zero-order valence-electron chi connectivity index (χ0n) is 18.2. The van der Waals surface area contributed by atoms with Crippen molar-refractivity contribution in [2.75, 3.05) is 31.5 Å². The number of benzene rings is 1. The van der Waals surface area contributed by atoms with Gasteiger partial charge in [0.15, 0.2) is 0 Å². The van der Waals surface area contributed by atoms with Crippen LogP contribution in [0.4, 0.5) is 14.9 Å². The summed E-state index contributed by atoms with van der Waals surface area (Å²) < 4.78 is 14.0. The average molecular weight is 440 g/mol. The van der Waals surface area contributed by atoms with Gasteiger partial charge >= 0.3 is 6.03 Å². The summed E-state index contributed by atoms with van der Waals surface area (Å²) in [6.07, 6.45) is 7.21. The van der Waals surface area contributed by atoms with Gasteiger partial charge in [-0.25, -0.2) is 9.18 Å². The summed E-state index contributed by atoms with van der Waals surface area (Å²) in [5, 5.41) is 5.77. The minimum absolute atomic E-state index is 0.0576. The quantitative estimate of drug-likeness (QED) is 0.770. The molecule has 2 saturated heterocycles.